The number of aryl methyl sites for hydroxylation is 1. The molecule has 1 aromatic rings. The van der Waals surface area contributed by atoms with Crippen LogP contribution in [0.2, 0.25) is 5.02 Å². The number of piperazine rings is 1. The Morgan fingerprint density at radius 3 is 2.68 bits per heavy atom. The van der Waals surface area contributed by atoms with Crippen LogP contribution in [-0.4, -0.2) is 54.6 Å². The molecule has 5 heteroatoms. The Hall–Kier alpha value is -1.26. The van der Waals surface area contributed by atoms with Gasteiger partial charge in [-0.1, -0.05) is 23.7 Å². The molecule has 1 saturated carbocycles. The molecule has 22 heavy (non-hydrogen) atoms. The predicted octanol–water partition coefficient (Wildman–Crippen LogP) is 2.76. The first-order valence-corrected chi connectivity index (χ1v) is 8.61. The number of urea groups is 1. The van der Waals surface area contributed by atoms with Crippen LogP contribution in [0.5, 0.6) is 0 Å². The molecular weight excluding hydrogens is 298 g/mol. The lowest BCUT2D eigenvalue weighted by Gasteiger charge is -2.34. The fraction of sp³-hybridized carbons (Fsp3) is 0.588. The molecule has 1 N–H and O–H groups in total. The molecule has 0 spiro atoms. The molecule has 2 aliphatic rings. The normalized spacial score (nSPS) is 19.2. The number of nitrogens with zero attached hydrogens (tertiary/aromatic N) is 2. The van der Waals surface area contributed by atoms with E-state index in [9.17, 15) is 4.79 Å². The molecule has 0 atom stereocenters. The summed E-state index contributed by atoms with van der Waals surface area (Å²) in [7, 11) is 0. The Bertz CT molecular complexity index is 510. The quantitative estimate of drug-likeness (QED) is 0.905. The van der Waals surface area contributed by atoms with Crippen LogP contribution in [0.25, 0.3) is 0 Å². The summed E-state index contributed by atoms with van der Waals surface area (Å²) >= 11 is 6.00. The van der Waals surface area contributed by atoms with Crippen LogP contribution in [0, 0.1) is 0 Å². The van der Waals surface area contributed by atoms with E-state index in [-0.39, 0.29) is 6.03 Å². The molecule has 1 aliphatic carbocycles. The molecule has 1 aliphatic heterocycles. The van der Waals surface area contributed by atoms with Gasteiger partial charge in [-0.25, -0.2) is 4.79 Å². The molecule has 1 aromatic carbocycles. The maximum atomic E-state index is 12.0. The van der Waals surface area contributed by atoms with Crippen LogP contribution >= 0.6 is 11.6 Å². The molecule has 0 unspecified atom stereocenters. The Labute approximate surface area is 137 Å². The predicted molar refractivity (Wildman–Crippen MR) is 89.3 cm³/mol. The van der Waals surface area contributed by atoms with E-state index in [1.807, 2.05) is 23.1 Å². The molecule has 2 amide bonds. The second-order valence-electron chi connectivity index (χ2n) is 6.29. The van der Waals surface area contributed by atoms with Gasteiger partial charge in [0, 0.05) is 37.2 Å². The highest BCUT2D eigenvalue weighted by atomic mass is 35.5. The lowest BCUT2D eigenvalue weighted by Crippen LogP contribution is -2.52. The Morgan fingerprint density at radius 1 is 1.23 bits per heavy atom. The molecule has 1 heterocycles. The first kappa shape index (κ1) is 15.6. The van der Waals surface area contributed by atoms with Gasteiger partial charge in [0.2, 0.25) is 0 Å². The van der Waals surface area contributed by atoms with Crippen molar-refractivity contribution in [2.75, 3.05) is 32.7 Å². The lowest BCUT2D eigenvalue weighted by atomic mass is 10.1. The third-order valence-corrected chi connectivity index (χ3v) is 4.63. The number of hydrogen-bond acceptors (Lipinski definition) is 2. The van der Waals surface area contributed by atoms with Gasteiger partial charge >= 0.3 is 6.03 Å². The van der Waals surface area contributed by atoms with E-state index in [2.05, 4.69) is 16.3 Å². The summed E-state index contributed by atoms with van der Waals surface area (Å²) in [6.07, 6.45) is 4.49. The number of nitrogens with one attached hydrogen (secondary N) is 1. The van der Waals surface area contributed by atoms with E-state index in [1.165, 1.54) is 5.56 Å². The minimum absolute atomic E-state index is 0.126. The molecule has 4 nitrogen and oxygen atoms in total. The summed E-state index contributed by atoms with van der Waals surface area (Å²) < 4.78 is 0. The van der Waals surface area contributed by atoms with Crippen molar-refractivity contribution in [3.63, 3.8) is 0 Å². The second-order valence-corrected chi connectivity index (χ2v) is 6.72. The number of rotatable bonds is 5. The molecule has 0 bridgehead atoms. The van der Waals surface area contributed by atoms with Gasteiger partial charge in [0.05, 0.1) is 0 Å². The fourth-order valence-corrected chi connectivity index (χ4v) is 3.08. The van der Waals surface area contributed by atoms with Gasteiger partial charge < -0.3 is 10.2 Å². The summed E-state index contributed by atoms with van der Waals surface area (Å²) in [6.45, 7) is 4.73. The van der Waals surface area contributed by atoms with E-state index < -0.39 is 0 Å². The number of carbonyl (C=O) groups is 1. The first-order valence-electron chi connectivity index (χ1n) is 8.23. The highest BCUT2D eigenvalue weighted by Gasteiger charge is 2.27. The summed E-state index contributed by atoms with van der Waals surface area (Å²) in [5.74, 6) is 0. The highest BCUT2D eigenvalue weighted by molar-refractivity contribution is 6.30. The Morgan fingerprint density at radius 2 is 2.00 bits per heavy atom. The van der Waals surface area contributed by atoms with Crippen LogP contribution in [0.4, 0.5) is 4.79 Å². The molecule has 0 radical (unpaired) electrons. The minimum Gasteiger partial charge on any atom is -0.335 e. The fourth-order valence-electron chi connectivity index (χ4n) is 2.87. The van der Waals surface area contributed by atoms with Crippen LogP contribution in [-0.2, 0) is 6.42 Å². The number of carbonyl (C=O) groups excluding carboxylic acids is 1. The van der Waals surface area contributed by atoms with Crippen LogP contribution in [0.15, 0.2) is 24.3 Å². The number of halogens is 1. The summed E-state index contributed by atoms with van der Waals surface area (Å²) in [5.41, 5.74) is 1.30. The van der Waals surface area contributed by atoms with E-state index in [0.717, 1.165) is 63.4 Å². The number of benzene rings is 1. The topological polar surface area (TPSA) is 35.6 Å². The lowest BCUT2D eigenvalue weighted by molar-refractivity contribution is 0.138. The van der Waals surface area contributed by atoms with Gasteiger partial charge in [-0.05, 0) is 49.9 Å². The Kier molecular flexibility index (Phi) is 5.21. The summed E-state index contributed by atoms with van der Waals surface area (Å²) in [5, 5.41) is 3.88. The van der Waals surface area contributed by atoms with Crippen molar-refractivity contribution in [1.29, 1.82) is 0 Å². The van der Waals surface area contributed by atoms with Gasteiger partial charge in [0.25, 0.3) is 0 Å². The molecule has 2 fully saturated rings. The molecule has 120 valence electrons. The third-order valence-electron chi connectivity index (χ3n) is 4.39. The van der Waals surface area contributed by atoms with Crippen molar-refractivity contribution >= 4 is 17.6 Å². The number of amides is 2. The van der Waals surface area contributed by atoms with E-state index >= 15 is 0 Å². The van der Waals surface area contributed by atoms with Crippen molar-refractivity contribution in [1.82, 2.24) is 15.1 Å². The van der Waals surface area contributed by atoms with Gasteiger partial charge in [0.1, 0.15) is 0 Å². The zero-order valence-corrected chi connectivity index (χ0v) is 13.7. The van der Waals surface area contributed by atoms with Crippen molar-refractivity contribution in [2.24, 2.45) is 0 Å². The van der Waals surface area contributed by atoms with Crippen LogP contribution in [0.1, 0.15) is 24.8 Å². The first-order chi connectivity index (χ1) is 10.7. The zero-order chi connectivity index (χ0) is 15.4. The highest BCUT2D eigenvalue weighted by Crippen LogP contribution is 2.19. The molecule has 0 aromatic heterocycles. The van der Waals surface area contributed by atoms with Crippen molar-refractivity contribution in [3.05, 3.63) is 34.9 Å². The SMILES string of the molecule is O=C(NC1CC1)N1CCN(CCCc2cccc(Cl)c2)CC1. The standard InChI is InChI=1S/C17H24ClN3O/c18-15-5-1-3-14(13-15)4-2-8-20-9-11-21(12-10-20)17(22)19-16-6-7-16/h1,3,5,13,16H,2,4,6-12H2,(H,19,22). The van der Waals surface area contributed by atoms with Crippen LogP contribution < -0.4 is 5.32 Å². The van der Waals surface area contributed by atoms with Crippen LogP contribution in [0.3, 0.4) is 0 Å². The number of hydrogen-bond donors (Lipinski definition) is 1. The molecule has 1 saturated heterocycles. The van der Waals surface area contributed by atoms with E-state index in [0.29, 0.717) is 6.04 Å². The van der Waals surface area contributed by atoms with E-state index in [1.54, 1.807) is 0 Å². The average molecular weight is 322 g/mol. The summed E-state index contributed by atoms with van der Waals surface area (Å²) in [4.78, 5) is 16.4. The molecule has 3 rings (SSSR count). The van der Waals surface area contributed by atoms with Crippen molar-refractivity contribution in [3.8, 4) is 0 Å². The van der Waals surface area contributed by atoms with Crippen molar-refractivity contribution in [2.45, 2.75) is 31.7 Å². The molecular formula is C17H24ClN3O. The smallest absolute Gasteiger partial charge is 0.317 e. The second kappa shape index (κ2) is 7.34. The monoisotopic (exact) mass is 321 g/mol. The largest absolute Gasteiger partial charge is 0.335 e. The maximum Gasteiger partial charge on any atom is 0.317 e. The Balaban J connectivity index is 1.34. The van der Waals surface area contributed by atoms with Gasteiger partial charge in [-0.3, -0.25) is 4.90 Å². The van der Waals surface area contributed by atoms with E-state index in [4.69, 9.17) is 11.6 Å². The summed E-state index contributed by atoms with van der Waals surface area (Å²) in [6, 6.07) is 8.67. The van der Waals surface area contributed by atoms with Crippen molar-refractivity contribution < 1.29 is 4.79 Å². The third kappa shape index (κ3) is 4.62. The zero-order valence-electron chi connectivity index (χ0n) is 12.9. The maximum absolute atomic E-state index is 12.0. The van der Waals surface area contributed by atoms with Gasteiger partial charge in [-0.15, -0.1) is 0 Å². The van der Waals surface area contributed by atoms with Gasteiger partial charge in [-0.2, -0.15) is 0 Å². The minimum atomic E-state index is 0.126. The average Bonchev–Trinajstić information content (AvgIpc) is 3.32. The van der Waals surface area contributed by atoms with Gasteiger partial charge in [0.15, 0.2) is 0 Å².